The summed E-state index contributed by atoms with van der Waals surface area (Å²) >= 11 is 0. The Balaban J connectivity index is 2.91. The van der Waals surface area contributed by atoms with Crippen molar-refractivity contribution < 1.29 is 14.3 Å². The first-order valence-electron chi connectivity index (χ1n) is 6.88. The number of hydrogen-bond donors (Lipinski definition) is 1. The largest absolute Gasteiger partial charge is 0.461 e. The molecule has 0 bridgehead atoms. The van der Waals surface area contributed by atoms with E-state index in [0.29, 0.717) is 12.1 Å². The van der Waals surface area contributed by atoms with E-state index >= 15 is 0 Å². The molecule has 0 aliphatic rings. The summed E-state index contributed by atoms with van der Waals surface area (Å²) in [6.45, 7) is 7.83. The first-order chi connectivity index (χ1) is 9.49. The molecule has 0 saturated heterocycles. The lowest BCUT2D eigenvalue weighted by atomic mass is 10.2. The van der Waals surface area contributed by atoms with Gasteiger partial charge in [-0.2, -0.15) is 0 Å². The fraction of sp³-hybridized carbons (Fsp3) is 0.692. The second kappa shape index (κ2) is 7.62. The number of carbonyl (C=O) groups is 2. The van der Waals surface area contributed by atoms with Crippen LogP contribution in [0.25, 0.3) is 0 Å². The van der Waals surface area contributed by atoms with Crippen LogP contribution in [0.1, 0.15) is 50.3 Å². The van der Waals surface area contributed by atoms with E-state index in [4.69, 9.17) is 4.74 Å². The Labute approximate surface area is 118 Å². The predicted octanol–water partition coefficient (Wildman–Crippen LogP) is 0.932. The normalized spacial score (nSPS) is 10.7. The Morgan fingerprint density at radius 1 is 1.35 bits per heavy atom. The lowest BCUT2D eigenvalue weighted by Crippen LogP contribution is -2.33. The third-order valence-corrected chi connectivity index (χ3v) is 2.54. The van der Waals surface area contributed by atoms with Gasteiger partial charge in [0, 0.05) is 6.04 Å². The molecule has 0 aromatic carbocycles. The van der Waals surface area contributed by atoms with Crippen LogP contribution in [0.2, 0.25) is 0 Å². The molecule has 0 aliphatic heterocycles. The lowest BCUT2D eigenvalue weighted by molar-refractivity contribution is -0.122. The van der Waals surface area contributed by atoms with Gasteiger partial charge in [-0.25, -0.2) is 9.48 Å². The monoisotopic (exact) mass is 282 g/mol. The van der Waals surface area contributed by atoms with Crippen molar-refractivity contribution in [3.8, 4) is 0 Å². The number of nitrogens with one attached hydrogen (secondary N) is 1. The molecule has 20 heavy (non-hydrogen) atoms. The number of carbonyl (C=O) groups excluding carboxylic acids is 2. The van der Waals surface area contributed by atoms with E-state index in [1.54, 1.807) is 6.92 Å². The number of ether oxygens (including phenoxy) is 1. The van der Waals surface area contributed by atoms with E-state index in [2.05, 4.69) is 15.6 Å². The summed E-state index contributed by atoms with van der Waals surface area (Å²) in [6.07, 6.45) is 1.45. The molecule has 7 nitrogen and oxygen atoms in total. The van der Waals surface area contributed by atoms with Crippen LogP contribution in [0, 0.1) is 0 Å². The zero-order chi connectivity index (χ0) is 15.1. The Morgan fingerprint density at radius 3 is 2.60 bits per heavy atom. The maximum atomic E-state index is 11.8. The smallest absolute Gasteiger partial charge is 0.360 e. The molecule has 7 heteroatoms. The van der Waals surface area contributed by atoms with Crippen LogP contribution >= 0.6 is 0 Å². The van der Waals surface area contributed by atoms with Gasteiger partial charge in [0.05, 0.1) is 12.3 Å². The van der Waals surface area contributed by atoms with E-state index in [0.717, 1.165) is 6.42 Å². The summed E-state index contributed by atoms with van der Waals surface area (Å²) in [5, 5.41) is 10.5. The fourth-order valence-electron chi connectivity index (χ4n) is 1.81. The minimum absolute atomic E-state index is 0.0555. The van der Waals surface area contributed by atoms with E-state index in [1.807, 2.05) is 20.8 Å². The van der Waals surface area contributed by atoms with Crippen LogP contribution in [0.5, 0.6) is 0 Å². The lowest BCUT2D eigenvalue weighted by Gasteiger charge is -2.10. The van der Waals surface area contributed by atoms with Crippen molar-refractivity contribution in [2.75, 3.05) is 6.61 Å². The number of aromatic nitrogens is 3. The summed E-state index contributed by atoms with van der Waals surface area (Å²) in [4.78, 5) is 23.5. The molecule has 112 valence electrons. The van der Waals surface area contributed by atoms with Crippen molar-refractivity contribution in [1.29, 1.82) is 0 Å². The van der Waals surface area contributed by atoms with Crippen LogP contribution in [0.4, 0.5) is 0 Å². The second-order valence-electron chi connectivity index (χ2n) is 4.74. The Morgan fingerprint density at radius 2 is 2.05 bits per heavy atom. The van der Waals surface area contributed by atoms with Gasteiger partial charge in [-0.05, 0) is 27.2 Å². The van der Waals surface area contributed by atoms with Gasteiger partial charge in [0.2, 0.25) is 5.91 Å². The van der Waals surface area contributed by atoms with Crippen molar-refractivity contribution in [1.82, 2.24) is 20.3 Å². The average molecular weight is 282 g/mol. The summed E-state index contributed by atoms with van der Waals surface area (Å²) in [6, 6.07) is 0.0603. The Kier molecular flexibility index (Phi) is 6.14. The molecule has 1 rings (SSSR count). The molecule has 0 spiro atoms. The molecule has 0 unspecified atom stereocenters. The molecule has 0 radical (unpaired) electrons. The van der Waals surface area contributed by atoms with Crippen LogP contribution < -0.4 is 5.32 Å². The summed E-state index contributed by atoms with van der Waals surface area (Å²) < 4.78 is 6.41. The van der Waals surface area contributed by atoms with Crippen molar-refractivity contribution >= 4 is 11.9 Å². The molecule has 0 aliphatic carbocycles. The zero-order valence-electron chi connectivity index (χ0n) is 12.5. The van der Waals surface area contributed by atoms with Crippen molar-refractivity contribution in [2.45, 2.75) is 53.1 Å². The highest BCUT2D eigenvalue weighted by Crippen LogP contribution is 2.10. The highest BCUT2D eigenvalue weighted by molar-refractivity contribution is 5.88. The second-order valence-corrected chi connectivity index (χ2v) is 4.74. The minimum atomic E-state index is -0.494. The topological polar surface area (TPSA) is 86.1 Å². The summed E-state index contributed by atoms with van der Waals surface area (Å²) in [7, 11) is 0. The zero-order valence-corrected chi connectivity index (χ0v) is 12.5. The highest BCUT2D eigenvalue weighted by atomic mass is 16.5. The van der Waals surface area contributed by atoms with E-state index < -0.39 is 5.97 Å². The first-order valence-corrected chi connectivity index (χ1v) is 6.88. The van der Waals surface area contributed by atoms with Crippen LogP contribution in [-0.4, -0.2) is 39.5 Å². The van der Waals surface area contributed by atoms with Gasteiger partial charge in [0.1, 0.15) is 6.54 Å². The molecule has 1 aromatic rings. The summed E-state index contributed by atoms with van der Waals surface area (Å²) in [5.41, 5.74) is 0.843. The Bertz CT molecular complexity index is 468. The Hall–Kier alpha value is -1.92. The highest BCUT2D eigenvalue weighted by Gasteiger charge is 2.21. The molecule has 1 aromatic heterocycles. The fourth-order valence-corrected chi connectivity index (χ4v) is 1.81. The van der Waals surface area contributed by atoms with Crippen LogP contribution in [-0.2, 0) is 22.5 Å². The average Bonchev–Trinajstić information content (AvgIpc) is 2.72. The van der Waals surface area contributed by atoms with Gasteiger partial charge >= 0.3 is 5.97 Å². The first kappa shape index (κ1) is 16.1. The van der Waals surface area contributed by atoms with Gasteiger partial charge in [0.15, 0.2) is 5.69 Å². The number of amides is 1. The molecule has 1 N–H and O–H groups in total. The maximum Gasteiger partial charge on any atom is 0.360 e. The van der Waals surface area contributed by atoms with E-state index in [9.17, 15) is 9.59 Å². The van der Waals surface area contributed by atoms with Gasteiger partial charge < -0.3 is 10.1 Å². The van der Waals surface area contributed by atoms with Gasteiger partial charge in [-0.1, -0.05) is 18.6 Å². The summed E-state index contributed by atoms with van der Waals surface area (Å²) in [5.74, 6) is -0.649. The van der Waals surface area contributed by atoms with E-state index in [-0.39, 0.29) is 30.8 Å². The standard InChI is InChI=1S/C13H22N4O3/c1-5-7-10-12(13(19)20-6-2)15-16-17(10)8-11(18)14-9(3)4/h9H,5-8H2,1-4H3,(H,14,18). The van der Waals surface area contributed by atoms with Crippen molar-refractivity contribution in [3.05, 3.63) is 11.4 Å². The SMILES string of the molecule is CCCc1c(C(=O)OCC)nnn1CC(=O)NC(C)C. The molecule has 1 heterocycles. The molecule has 0 atom stereocenters. The van der Waals surface area contributed by atoms with Crippen molar-refractivity contribution in [2.24, 2.45) is 0 Å². The van der Waals surface area contributed by atoms with Gasteiger partial charge in [-0.3, -0.25) is 4.79 Å². The van der Waals surface area contributed by atoms with Crippen LogP contribution in [0.3, 0.4) is 0 Å². The minimum Gasteiger partial charge on any atom is -0.461 e. The third-order valence-electron chi connectivity index (χ3n) is 2.54. The van der Waals surface area contributed by atoms with Gasteiger partial charge in [-0.15, -0.1) is 5.10 Å². The number of nitrogens with zero attached hydrogens (tertiary/aromatic N) is 3. The molecule has 1 amide bonds. The molecule has 0 saturated carbocycles. The van der Waals surface area contributed by atoms with E-state index in [1.165, 1.54) is 4.68 Å². The number of rotatable bonds is 7. The molecular weight excluding hydrogens is 260 g/mol. The quantitative estimate of drug-likeness (QED) is 0.752. The molecular formula is C13H22N4O3. The molecule has 0 fully saturated rings. The van der Waals surface area contributed by atoms with Gasteiger partial charge in [0.25, 0.3) is 0 Å². The number of esters is 1. The van der Waals surface area contributed by atoms with Crippen molar-refractivity contribution in [3.63, 3.8) is 0 Å². The predicted molar refractivity (Wildman–Crippen MR) is 73.3 cm³/mol. The van der Waals surface area contributed by atoms with Crippen LogP contribution in [0.15, 0.2) is 0 Å². The third kappa shape index (κ3) is 4.32. The number of hydrogen-bond acceptors (Lipinski definition) is 5. The maximum absolute atomic E-state index is 11.8.